The Morgan fingerprint density at radius 3 is 2.48 bits per heavy atom. The summed E-state index contributed by atoms with van der Waals surface area (Å²) in [6.07, 6.45) is 1.25. The monoisotopic (exact) mass is 314 g/mol. The molecule has 1 aromatic carbocycles. The fourth-order valence-corrected chi connectivity index (χ4v) is 4.18. The van der Waals surface area contributed by atoms with Crippen LogP contribution in [0.2, 0.25) is 0 Å². The first kappa shape index (κ1) is 15.9. The molecule has 1 N–H and O–H groups in total. The number of aliphatic hydroxyl groups excluding tert-OH is 1. The van der Waals surface area contributed by atoms with Gasteiger partial charge in [-0.05, 0) is 37.3 Å². The molecular formula is C13H18N2O5S. The molecule has 1 aliphatic heterocycles. The molecule has 0 bridgehead atoms. The summed E-state index contributed by atoms with van der Waals surface area (Å²) in [6.45, 7) is 2.36. The number of rotatable bonds is 4. The molecular weight excluding hydrogens is 296 g/mol. The van der Waals surface area contributed by atoms with Crippen molar-refractivity contribution in [3.63, 3.8) is 0 Å². The molecule has 7 nitrogen and oxygen atoms in total. The van der Waals surface area contributed by atoms with Gasteiger partial charge in [0.2, 0.25) is 10.0 Å². The van der Waals surface area contributed by atoms with Gasteiger partial charge in [-0.25, -0.2) is 8.42 Å². The van der Waals surface area contributed by atoms with Crippen LogP contribution in [0, 0.1) is 23.0 Å². The average Bonchev–Trinajstić information content (AvgIpc) is 2.46. The number of piperidine rings is 1. The number of hydrogen-bond acceptors (Lipinski definition) is 5. The second kappa shape index (κ2) is 6.08. The molecule has 0 aliphatic carbocycles. The summed E-state index contributed by atoms with van der Waals surface area (Å²) in [5, 5.41) is 19.8. The third-order valence-corrected chi connectivity index (χ3v) is 5.88. The fourth-order valence-electron chi connectivity index (χ4n) is 2.51. The number of nitrogens with zero attached hydrogens (tertiary/aromatic N) is 2. The van der Waals surface area contributed by atoms with Crippen molar-refractivity contribution >= 4 is 15.7 Å². The van der Waals surface area contributed by atoms with Crippen molar-refractivity contribution in [1.29, 1.82) is 0 Å². The Labute approximate surface area is 123 Å². The van der Waals surface area contributed by atoms with Crippen molar-refractivity contribution in [2.45, 2.75) is 24.7 Å². The quantitative estimate of drug-likeness (QED) is 0.667. The number of aliphatic hydroxyl groups is 1. The molecule has 0 radical (unpaired) electrons. The Kier molecular flexibility index (Phi) is 4.60. The van der Waals surface area contributed by atoms with Crippen LogP contribution >= 0.6 is 0 Å². The minimum absolute atomic E-state index is 0.0739. The van der Waals surface area contributed by atoms with Crippen LogP contribution in [-0.2, 0) is 10.0 Å². The van der Waals surface area contributed by atoms with E-state index >= 15 is 0 Å². The summed E-state index contributed by atoms with van der Waals surface area (Å²) in [7, 11) is -3.64. The molecule has 0 saturated carbocycles. The van der Waals surface area contributed by atoms with Crippen LogP contribution in [0.1, 0.15) is 18.4 Å². The molecule has 1 heterocycles. The molecule has 1 aromatic rings. The zero-order valence-electron chi connectivity index (χ0n) is 11.7. The zero-order chi connectivity index (χ0) is 15.6. The topological polar surface area (TPSA) is 101 Å². The van der Waals surface area contributed by atoms with Crippen LogP contribution in [0.3, 0.4) is 0 Å². The highest BCUT2D eigenvalue weighted by atomic mass is 32.2. The number of hydrogen-bond donors (Lipinski definition) is 1. The number of nitro groups is 1. The lowest BCUT2D eigenvalue weighted by Crippen LogP contribution is -2.39. The largest absolute Gasteiger partial charge is 0.396 e. The number of nitro benzene ring substituents is 1. The van der Waals surface area contributed by atoms with E-state index in [1.165, 1.54) is 22.5 Å². The summed E-state index contributed by atoms with van der Waals surface area (Å²) >= 11 is 0. The van der Waals surface area contributed by atoms with Gasteiger partial charge in [0.1, 0.15) is 0 Å². The first-order chi connectivity index (χ1) is 9.86. The van der Waals surface area contributed by atoms with Gasteiger partial charge in [-0.3, -0.25) is 10.1 Å². The number of sulfonamides is 1. The van der Waals surface area contributed by atoms with Gasteiger partial charge >= 0.3 is 0 Å². The molecule has 0 spiro atoms. The summed E-state index contributed by atoms with van der Waals surface area (Å²) in [6, 6.07) is 3.77. The van der Waals surface area contributed by atoms with Crippen LogP contribution in [0.5, 0.6) is 0 Å². The molecule has 8 heteroatoms. The van der Waals surface area contributed by atoms with Crippen molar-refractivity contribution in [3.8, 4) is 0 Å². The van der Waals surface area contributed by atoms with Crippen LogP contribution < -0.4 is 0 Å². The lowest BCUT2D eigenvalue weighted by atomic mass is 10.00. The van der Waals surface area contributed by atoms with Crippen molar-refractivity contribution in [2.24, 2.45) is 5.92 Å². The predicted molar refractivity (Wildman–Crippen MR) is 76.4 cm³/mol. The van der Waals surface area contributed by atoms with Gasteiger partial charge < -0.3 is 5.11 Å². The van der Waals surface area contributed by atoms with Gasteiger partial charge in [-0.15, -0.1) is 0 Å². The second-order valence-electron chi connectivity index (χ2n) is 5.24. The van der Waals surface area contributed by atoms with Gasteiger partial charge in [0.15, 0.2) is 0 Å². The standard InChI is InChI=1S/C13H18N2O5S/c1-10-8-12(15(17)18)2-3-13(10)21(19,20)14-6-4-11(9-16)5-7-14/h2-3,8,11,16H,4-7,9H2,1H3. The maximum absolute atomic E-state index is 12.6. The normalized spacial score (nSPS) is 17.8. The van der Waals surface area contributed by atoms with Crippen LogP contribution in [0.15, 0.2) is 23.1 Å². The van der Waals surface area contributed by atoms with E-state index in [4.69, 9.17) is 5.11 Å². The molecule has 0 unspecified atom stereocenters. The maximum atomic E-state index is 12.6. The Hall–Kier alpha value is -1.51. The van der Waals surface area contributed by atoms with E-state index in [1.807, 2.05) is 0 Å². The summed E-state index contributed by atoms with van der Waals surface area (Å²) < 4.78 is 26.5. The van der Waals surface area contributed by atoms with Crippen molar-refractivity contribution in [2.75, 3.05) is 19.7 Å². The van der Waals surface area contributed by atoms with Gasteiger partial charge in [-0.1, -0.05) is 0 Å². The van der Waals surface area contributed by atoms with Gasteiger partial charge in [0.05, 0.1) is 9.82 Å². The third kappa shape index (κ3) is 3.22. The maximum Gasteiger partial charge on any atom is 0.269 e. The Bertz CT molecular complexity index is 636. The van der Waals surface area contributed by atoms with E-state index in [0.29, 0.717) is 31.5 Å². The Morgan fingerprint density at radius 2 is 2.00 bits per heavy atom. The highest BCUT2D eigenvalue weighted by Crippen LogP contribution is 2.27. The average molecular weight is 314 g/mol. The number of non-ortho nitro benzene ring substituents is 1. The van der Waals surface area contributed by atoms with Crippen LogP contribution in [0.25, 0.3) is 0 Å². The van der Waals surface area contributed by atoms with E-state index < -0.39 is 14.9 Å². The van der Waals surface area contributed by atoms with Crippen molar-refractivity contribution in [1.82, 2.24) is 4.31 Å². The molecule has 1 aliphatic rings. The second-order valence-corrected chi connectivity index (χ2v) is 7.14. The van der Waals surface area contributed by atoms with Gasteiger partial charge in [0, 0.05) is 31.8 Å². The molecule has 116 valence electrons. The molecule has 2 rings (SSSR count). The SMILES string of the molecule is Cc1cc([N+](=O)[O-])ccc1S(=O)(=O)N1CCC(CO)CC1. The minimum atomic E-state index is -3.64. The Morgan fingerprint density at radius 1 is 1.38 bits per heavy atom. The molecule has 0 atom stereocenters. The smallest absolute Gasteiger partial charge is 0.269 e. The minimum Gasteiger partial charge on any atom is -0.396 e. The van der Waals surface area contributed by atoms with Gasteiger partial charge in [-0.2, -0.15) is 4.31 Å². The van der Waals surface area contributed by atoms with Crippen molar-refractivity contribution < 1.29 is 18.4 Å². The lowest BCUT2D eigenvalue weighted by Gasteiger charge is -2.30. The Balaban J connectivity index is 2.26. The first-order valence-electron chi connectivity index (χ1n) is 6.72. The fraction of sp³-hybridized carbons (Fsp3) is 0.538. The van der Waals surface area contributed by atoms with Gasteiger partial charge in [0.25, 0.3) is 5.69 Å². The van der Waals surface area contributed by atoms with E-state index in [1.54, 1.807) is 6.92 Å². The van der Waals surface area contributed by atoms with E-state index in [2.05, 4.69) is 0 Å². The highest BCUT2D eigenvalue weighted by Gasteiger charge is 2.30. The first-order valence-corrected chi connectivity index (χ1v) is 8.16. The molecule has 1 fully saturated rings. The van der Waals surface area contributed by atoms with E-state index in [-0.39, 0.29) is 23.1 Å². The van der Waals surface area contributed by atoms with Crippen molar-refractivity contribution in [3.05, 3.63) is 33.9 Å². The molecule has 0 aromatic heterocycles. The third-order valence-electron chi connectivity index (χ3n) is 3.82. The molecule has 1 saturated heterocycles. The number of aryl methyl sites for hydroxylation is 1. The number of benzene rings is 1. The lowest BCUT2D eigenvalue weighted by molar-refractivity contribution is -0.385. The van der Waals surface area contributed by atoms with E-state index in [9.17, 15) is 18.5 Å². The zero-order valence-corrected chi connectivity index (χ0v) is 12.5. The molecule has 21 heavy (non-hydrogen) atoms. The highest BCUT2D eigenvalue weighted by molar-refractivity contribution is 7.89. The van der Waals surface area contributed by atoms with Crippen LogP contribution in [0.4, 0.5) is 5.69 Å². The summed E-state index contributed by atoms with van der Waals surface area (Å²) in [4.78, 5) is 10.3. The summed E-state index contributed by atoms with van der Waals surface area (Å²) in [5.74, 6) is 0.148. The van der Waals surface area contributed by atoms with Crippen LogP contribution in [-0.4, -0.2) is 42.4 Å². The van der Waals surface area contributed by atoms with E-state index in [0.717, 1.165) is 0 Å². The molecule has 0 amide bonds. The predicted octanol–water partition coefficient (Wildman–Crippen LogP) is 1.30. The summed E-state index contributed by atoms with van der Waals surface area (Å²) in [5.41, 5.74) is 0.249.